The lowest BCUT2D eigenvalue weighted by Crippen LogP contribution is -2.10. The average Bonchev–Trinajstić information content (AvgIpc) is 2.28. The highest BCUT2D eigenvalue weighted by Crippen LogP contribution is 2.27. The van der Waals surface area contributed by atoms with Gasteiger partial charge >= 0.3 is 0 Å². The second-order valence-electron chi connectivity index (χ2n) is 3.64. The molecule has 0 amide bonds. The van der Waals surface area contributed by atoms with Gasteiger partial charge in [-0.2, -0.15) is 5.26 Å². The quantitative estimate of drug-likeness (QED) is 0.878. The molecular formula is C12H13ClFNO. The first kappa shape index (κ1) is 13.0. The summed E-state index contributed by atoms with van der Waals surface area (Å²) in [6, 6.07) is 6.13. The molecule has 4 heteroatoms. The van der Waals surface area contributed by atoms with Gasteiger partial charge in [0.05, 0.1) is 23.1 Å². The summed E-state index contributed by atoms with van der Waals surface area (Å²) < 4.78 is 13.2. The molecule has 1 aromatic rings. The predicted molar refractivity (Wildman–Crippen MR) is 60.4 cm³/mol. The SMILES string of the molecule is CCCC(C#N)C(O)c1ccc(Cl)c(F)c1. The van der Waals surface area contributed by atoms with E-state index in [0.717, 1.165) is 6.42 Å². The van der Waals surface area contributed by atoms with Gasteiger partial charge in [-0.15, -0.1) is 0 Å². The summed E-state index contributed by atoms with van der Waals surface area (Å²) in [5, 5.41) is 18.8. The summed E-state index contributed by atoms with van der Waals surface area (Å²) in [5.74, 6) is -1.09. The van der Waals surface area contributed by atoms with Crippen molar-refractivity contribution in [3.8, 4) is 6.07 Å². The van der Waals surface area contributed by atoms with Gasteiger partial charge in [-0.25, -0.2) is 4.39 Å². The highest BCUT2D eigenvalue weighted by atomic mass is 35.5. The summed E-state index contributed by atoms with van der Waals surface area (Å²) in [6.07, 6.45) is 0.421. The second-order valence-corrected chi connectivity index (χ2v) is 4.05. The van der Waals surface area contributed by atoms with Gasteiger partial charge in [-0.1, -0.05) is 31.0 Å². The van der Waals surface area contributed by atoms with Crippen molar-refractivity contribution in [3.05, 3.63) is 34.6 Å². The van der Waals surface area contributed by atoms with Crippen molar-refractivity contribution in [3.63, 3.8) is 0 Å². The molecular weight excluding hydrogens is 229 g/mol. The Balaban J connectivity index is 2.91. The zero-order valence-electron chi connectivity index (χ0n) is 8.95. The molecule has 1 rings (SSSR count). The Bertz CT molecular complexity index is 402. The van der Waals surface area contributed by atoms with E-state index < -0.39 is 17.8 Å². The average molecular weight is 242 g/mol. The zero-order valence-corrected chi connectivity index (χ0v) is 9.71. The van der Waals surface area contributed by atoms with Crippen LogP contribution in [0.1, 0.15) is 31.4 Å². The summed E-state index contributed by atoms with van der Waals surface area (Å²) >= 11 is 5.54. The second kappa shape index (κ2) is 5.83. The molecule has 0 saturated carbocycles. The van der Waals surface area contributed by atoms with E-state index in [2.05, 4.69) is 0 Å². The summed E-state index contributed by atoms with van der Waals surface area (Å²) in [5.41, 5.74) is 0.391. The summed E-state index contributed by atoms with van der Waals surface area (Å²) in [6.45, 7) is 1.93. The van der Waals surface area contributed by atoms with Gasteiger partial charge in [0.25, 0.3) is 0 Å². The van der Waals surface area contributed by atoms with Crippen molar-refractivity contribution in [2.24, 2.45) is 5.92 Å². The third kappa shape index (κ3) is 2.94. The minimum Gasteiger partial charge on any atom is -0.387 e. The largest absolute Gasteiger partial charge is 0.387 e. The Hall–Kier alpha value is -1.11. The normalized spacial score (nSPS) is 14.2. The number of nitrogens with zero attached hydrogens (tertiary/aromatic N) is 1. The smallest absolute Gasteiger partial charge is 0.142 e. The van der Waals surface area contributed by atoms with Crippen LogP contribution in [0.5, 0.6) is 0 Å². The maximum atomic E-state index is 13.2. The minimum absolute atomic E-state index is 0.0138. The van der Waals surface area contributed by atoms with Crippen LogP contribution in [0.15, 0.2) is 18.2 Å². The Kier molecular flexibility index (Phi) is 4.72. The van der Waals surface area contributed by atoms with E-state index in [-0.39, 0.29) is 5.02 Å². The standard InChI is InChI=1S/C12H13ClFNO/c1-2-3-9(7-15)12(16)8-4-5-10(13)11(14)6-8/h4-6,9,12,16H,2-3H2,1H3. The molecule has 0 spiro atoms. The fourth-order valence-electron chi connectivity index (χ4n) is 1.53. The van der Waals surface area contributed by atoms with Gasteiger partial charge < -0.3 is 5.11 Å². The molecule has 0 aliphatic carbocycles. The highest BCUT2D eigenvalue weighted by Gasteiger charge is 2.20. The number of rotatable bonds is 4. The van der Waals surface area contributed by atoms with Gasteiger partial charge in [0.15, 0.2) is 0 Å². The van der Waals surface area contributed by atoms with Gasteiger partial charge in [0, 0.05) is 0 Å². The van der Waals surface area contributed by atoms with E-state index in [9.17, 15) is 9.50 Å². The molecule has 86 valence electrons. The van der Waals surface area contributed by atoms with Gasteiger partial charge in [0.1, 0.15) is 5.82 Å². The van der Waals surface area contributed by atoms with Crippen LogP contribution >= 0.6 is 11.6 Å². The molecule has 0 fully saturated rings. The van der Waals surface area contributed by atoms with Crippen LogP contribution in [0.2, 0.25) is 5.02 Å². The first-order valence-electron chi connectivity index (χ1n) is 5.12. The van der Waals surface area contributed by atoms with Crippen LogP contribution in [0.25, 0.3) is 0 Å². The van der Waals surface area contributed by atoms with Gasteiger partial charge in [0.2, 0.25) is 0 Å². The molecule has 1 N–H and O–H groups in total. The number of hydrogen-bond acceptors (Lipinski definition) is 2. The molecule has 0 aliphatic rings. The number of halogens is 2. The summed E-state index contributed by atoms with van der Waals surface area (Å²) in [4.78, 5) is 0. The number of nitriles is 1. The zero-order chi connectivity index (χ0) is 12.1. The lowest BCUT2D eigenvalue weighted by atomic mass is 9.93. The van der Waals surface area contributed by atoms with Crippen molar-refractivity contribution < 1.29 is 9.50 Å². The third-order valence-corrected chi connectivity index (χ3v) is 2.74. The van der Waals surface area contributed by atoms with E-state index in [1.165, 1.54) is 18.2 Å². The van der Waals surface area contributed by atoms with Crippen LogP contribution in [-0.2, 0) is 0 Å². The number of aliphatic hydroxyl groups excluding tert-OH is 1. The Morgan fingerprint density at radius 1 is 1.56 bits per heavy atom. The van der Waals surface area contributed by atoms with Crippen molar-refractivity contribution in [2.45, 2.75) is 25.9 Å². The van der Waals surface area contributed by atoms with E-state index in [4.69, 9.17) is 16.9 Å². The molecule has 0 aromatic heterocycles. The first-order valence-corrected chi connectivity index (χ1v) is 5.50. The fourth-order valence-corrected chi connectivity index (χ4v) is 1.65. The van der Waals surface area contributed by atoms with E-state index in [1.54, 1.807) is 0 Å². The maximum Gasteiger partial charge on any atom is 0.142 e. The molecule has 0 aliphatic heterocycles. The van der Waals surface area contributed by atoms with Crippen molar-refractivity contribution >= 4 is 11.6 Å². The third-order valence-electron chi connectivity index (χ3n) is 2.43. The maximum absolute atomic E-state index is 13.2. The molecule has 0 radical (unpaired) electrons. The van der Waals surface area contributed by atoms with Crippen molar-refractivity contribution in [1.82, 2.24) is 0 Å². The Labute approximate surface area is 99.3 Å². The monoisotopic (exact) mass is 241 g/mol. The molecule has 0 bridgehead atoms. The van der Waals surface area contributed by atoms with Crippen molar-refractivity contribution in [1.29, 1.82) is 5.26 Å². The number of hydrogen-bond donors (Lipinski definition) is 1. The lowest BCUT2D eigenvalue weighted by Gasteiger charge is -2.16. The van der Waals surface area contributed by atoms with Crippen LogP contribution in [0.3, 0.4) is 0 Å². The topological polar surface area (TPSA) is 44.0 Å². The first-order chi connectivity index (χ1) is 7.60. The van der Waals surface area contributed by atoms with Crippen LogP contribution < -0.4 is 0 Å². The summed E-state index contributed by atoms with van der Waals surface area (Å²) in [7, 11) is 0. The minimum atomic E-state index is -0.961. The van der Waals surface area contributed by atoms with E-state index >= 15 is 0 Å². The number of aliphatic hydroxyl groups is 1. The number of benzene rings is 1. The lowest BCUT2D eigenvalue weighted by molar-refractivity contribution is 0.129. The van der Waals surface area contributed by atoms with Crippen molar-refractivity contribution in [2.75, 3.05) is 0 Å². The Morgan fingerprint density at radius 3 is 2.75 bits per heavy atom. The van der Waals surface area contributed by atoms with E-state index in [1.807, 2.05) is 13.0 Å². The molecule has 1 aromatic carbocycles. The van der Waals surface area contributed by atoms with Crippen LogP contribution in [-0.4, -0.2) is 5.11 Å². The molecule has 0 saturated heterocycles. The molecule has 2 nitrogen and oxygen atoms in total. The fraction of sp³-hybridized carbons (Fsp3) is 0.417. The van der Waals surface area contributed by atoms with Gasteiger partial charge in [-0.3, -0.25) is 0 Å². The van der Waals surface area contributed by atoms with Gasteiger partial charge in [-0.05, 0) is 24.1 Å². The molecule has 0 heterocycles. The Morgan fingerprint density at radius 2 is 2.25 bits per heavy atom. The van der Waals surface area contributed by atoms with Crippen LogP contribution in [0.4, 0.5) is 4.39 Å². The molecule has 2 atom stereocenters. The molecule has 2 unspecified atom stereocenters. The highest BCUT2D eigenvalue weighted by molar-refractivity contribution is 6.30. The molecule has 16 heavy (non-hydrogen) atoms. The predicted octanol–water partition coefficient (Wildman–Crippen LogP) is 3.45. The van der Waals surface area contributed by atoms with Crippen LogP contribution in [0, 0.1) is 23.1 Å². The van der Waals surface area contributed by atoms with E-state index in [0.29, 0.717) is 12.0 Å².